The van der Waals surface area contributed by atoms with E-state index in [-0.39, 0.29) is 0 Å². The van der Waals surface area contributed by atoms with E-state index in [1.807, 2.05) is 0 Å². The molecule has 0 heterocycles. The molecule has 0 fully saturated rings. The molecule has 0 saturated carbocycles. The minimum atomic E-state index is 1.34. The van der Waals surface area contributed by atoms with Crippen molar-refractivity contribution in [3.05, 3.63) is 0 Å². The van der Waals surface area contributed by atoms with Crippen LogP contribution in [-0.2, 0) is 0 Å². The second kappa shape index (κ2) is 6.82. The molecule has 0 unspecified atom stereocenters. The molecule has 0 aromatic heterocycles. The van der Waals surface area contributed by atoms with Gasteiger partial charge in [-0.15, -0.1) is 0 Å². The number of hydrogen-bond donors (Lipinski definition) is 0. The first-order valence-electron chi connectivity index (χ1n) is 2.71. The van der Waals surface area contributed by atoms with Crippen LogP contribution in [0.4, 0.5) is 0 Å². The number of unbranched alkanes of at least 4 members (excludes halogenated alkanes) is 2. The Kier molecular flexibility index (Phi) is 7.62. The molecule has 0 aliphatic carbocycles. The van der Waals surface area contributed by atoms with Crippen molar-refractivity contribution in [2.24, 2.45) is 0 Å². The second-order valence-corrected chi connectivity index (χ2v) is 3.89. The van der Waals surface area contributed by atoms with Gasteiger partial charge in [-0.25, -0.2) is 0 Å². The van der Waals surface area contributed by atoms with Crippen LogP contribution in [0, 0.1) is 0 Å². The molecule has 0 aromatic rings. The third-order valence-electron chi connectivity index (χ3n) is 0.853. The average molecular weight is 181 g/mol. The van der Waals surface area contributed by atoms with Crippen molar-refractivity contribution in [3.8, 4) is 0 Å². The molecule has 0 rings (SSSR count). The van der Waals surface area contributed by atoms with Crippen molar-refractivity contribution in [2.75, 3.05) is 6.16 Å². The monoisotopic (exact) mass is 182 g/mol. The van der Waals surface area contributed by atoms with Gasteiger partial charge in [0.2, 0.25) is 0 Å². The molecular formula is C5H11PSe. The van der Waals surface area contributed by atoms with Gasteiger partial charge in [0.15, 0.2) is 0 Å². The van der Waals surface area contributed by atoms with Crippen LogP contribution in [0.2, 0.25) is 0 Å². The standard InChI is InChI=1S/C5H11PSe/c1-2-3-4-5-6-7/h2-5H2,1H3. The summed E-state index contributed by atoms with van der Waals surface area (Å²) in [5.74, 6) is 0. The molecule has 0 bridgehead atoms. The van der Waals surface area contributed by atoms with Crippen molar-refractivity contribution in [2.45, 2.75) is 26.2 Å². The molecule has 0 N–H and O–H groups in total. The molecule has 42 valence electrons. The van der Waals surface area contributed by atoms with Crippen molar-refractivity contribution < 1.29 is 0 Å². The van der Waals surface area contributed by atoms with Gasteiger partial charge in [0.05, 0.1) is 0 Å². The van der Waals surface area contributed by atoms with Gasteiger partial charge >= 0.3 is 54.3 Å². The van der Waals surface area contributed by atoms with E-state index in [1.165, 1.54) is 32.3 Å². The predicted molar refractivity (Wildman–Crippen MR) is 37.1 cm³/mol. The zero-order chi connectivity index (χ0) is 5.54. The molecule has 2 heteroatoms. The molecule has 0 radical (unpaired) electrons. The SMILES string of the molecule is CCCCCP=[Se]. The molecule has 0 saturated heterocycles. The molecule has 7 heavy (non-hydrogen) atoms. The van der Waals surface area contributed by atoms with E-state index < -0.39 is 0 Å². The zero-order valence-electron chi connectivity index (χ0n) is 4.68. The Hall–Kier alpha value is 0.819. The van der Waals surface area contributed by atoms with Crippen LogP contribution in [0.1, 0.15) is 26.2 Å². The Labute approximate surface area is 54.7 Å². The van der Waals surface area contributed by atoms with Crippen molar-refractivity contribution >= 4 is 21.9 Å². The number of rotatable bonds is 4. The molecular weight excluding hydrogens is 170 g/mol. The van der Waals surface area contributed by atoms with E-state index in [9.17, 15) is 0 Å². The molecule has 0 aliphatic rings. The summed E-state index contributed by atoms with van der Waals surface area (Å²) in [6, 6.07) is 0. The normalized spacial score (nSPS) is 9.86. The number of hydrogen-bond acceptors (Lipinski definition) is 0. The fourth-order valence-electron chi connectivity index (χ4n) is 0.426. The summed E-state index contributed by atoms with van der Waals surface area (Å²) in [4.78, 5) is 0. The summed E-state index contributed by atoms with van der Waals surface area (Å²) in [5.41, 5.74) is 0. The van der Waals surface area contributed by atoms with E-state index in [4.69, 9.17) is 0 Å². The second-order valence-electron chi connectivity index (χ2n) is 1.56. The molecule has 0 nitrogen and oxygen atoms in total. The van der Waals surface area contributed by atoms with Gasteiger partial charge in [-0.1, -0.05) is 0 Å². The predicted octanol–water partition coefficient (Wildman–Crippen LogP) is 2.21. The van der Waals surface area contributed by atoms with E-state index in [1.54, 1.807) is 0 Å². The Morgan fingerprint density at radius 3 is 2.57 bits per heavy atom. The van der Waals surface area contributed by atoms with Gasteiger partial charge in [0.25, 0.3) is 0 Å². The van der Waals surface area contributed by atoms with E-state index in [0.29, 0.717) is 0 Å². The van der Waals surface area contributed by atoms with Crippen molar-refractivity contribution in [3.63, 3.8) is 0 Å². The first-order chi connectivity index (χ1) is 3.41. The Morgan fingerprint density at radius 2 is 2.14 bits per heavy atom. The summed E-state index contributed by atoms with van der Waals surface area (Å²) in [7, 11) is 0. The van der Waals surface area contributed by atoms with Crippen LogP contribution < -0.4 is 0 Å². The maximum absolute atomic E-state index is 2.97. The molecule has 0 aromatic carbocycles. The molecule has 0 amide bonds. The van der Waals surface area contributed by atoms with Crippen molar-refractivity contribution in [1.29, 1.82) is 0 Å². The van der Waals surface area contributed by atoms with Crippen LogP contribution in [0.15, 0.2) is 0 Å². The van der Waals surface area contributed by atoms with Crippen LogP contribution >= 0.6 is 6.83 Å². The van der Waals surface area contributed by atoms with Gasteiger partial charge in [-0.2, -0.15) is 0 Å². The van der Waals surface area contributed by atoms with Crippen molar-refractivity contribution in [1.82, 2.24) is 0 Å². The summed E-state index contributed by atoms with van der Waals surface area (Å²) in [6.07, 6.45) is 5.48. The van der Waals surface area contributed by atoms with E-state index in [2.05, 4.69) is 22.0 Å². The Morgan fingerprint density at radius 1 is 1.43 bits per heavy atom. The molecule has 0 aliphatic heterocycles. The van der Waals surface area contributed by atoms with Gasteiger partial charge in [0, 0.05) is 0 Å². The Balaban J connectivity index is 2.56. The average Bonchev–Trinajstić information content (AvgIpc) is 1.69. The first-order valence-corrected chi connectivity index (χ1v) is 6.00. The zero-order valence-corrected chi connectivity index (χ0v) is 7.29. The third-order valence-corrected chi connectivity index (χ3v) is 2.50. The molecule has 0 spiro atoms. The van der Waals surface area contributed by atoms with Gasteiger partial charge in [-0.3, -0.25) is 0 Å². The minimum absolute atomic E-state index is 1.34. The maximum atomic E-state index is 2.97. The molecule has 0 atom stereocenters. The summed E-state index contributed by atoms with van der Waals surface area (Å²) >= 11 is 2.97. The fourth-order valence-corrected chi connectivity index (χ4v) is 1.59. The first kappa shape index (κ1) is 7.82. The topological polar surface area (TPSA) is 0 Å². The van der Waals surface area contributed by atoms with Crippen LogP contribution in [0.25, 0.3) is 0 Å². The van der Waals surface area contributed by atoms with Gasteiger partial charge < -0.3 is 0 Å². The quantitative estimate of drug-likeness (QED) is 0.354. The van der Waals surface area contributed by atoms with Gasteiger partial charge in [-0.05, 0) is 0 Å². The van der Waals surface area contributed by atoms with Crippen LogP contribution in [0.5, 0.6) is 0 Å². The fraction of sp³-hybridized carbons (Fsp3) is 1.00. The van der Waals surface area contributed by atoms with Crippen LogP contribution in [0.3, 0.4) is 0 Å². The Bertz CT molecular complexity index is 45.3. The van der Waals surface area contributed by atoms with E-state index >= 15 is 0 Å². The van der Waals surface area contributed by atoms with E-state index in [0.717, 1.165) is 0 Å². The summed E-state index contributed by atoms with van der Waals surface area (Å²) in [6.45, 7) is 3.66. The summed E-state index contributed by atoms with van der Waals surface area (Å²) < 4.78 is 0. The van der Waals surface area contributed by atoms with Gasteiger partial charge in [0.1, 0.15) is 0 Å². The third kappa shape index (κ3) is 6.82. The van der Waals surface area contributed by atoms with Crippen LogP contribution in [-0.4, -0.2) is 21.3 Å². The summed E-state index contributed by atoms with van der Waals surface area (Å²) in [5, 5.41) is 0.